The summed E-state index contributed by atoms with van der Waals surface area (Å²) >= 11 is 0. The number of benzene rings is 3. The predicted octanol–water partition coefficient (Wildman–Crippen LogP) is 4.88. The number of nitrogens with zero attached hydrogens (tertiary/aromatic N) is 1. The van der Waals surface area contributed by atoms with Gasteiger partial charge in [0, 0.05) is 24.9 Å². The quantitative estimate of drug-likeness (QED) is 0.223. The van der Waals surface area contributed by atoms with Gasteiger partial charge in [0.2, 0.25) is 11.8 Å². The maximum Gasteiger partial charge on any atom is 0.248 e. The number of nitrogen functional groups attached to an aromatic ring is 1. The lowest BCUT2D eigenvalue weighted by molar-refractivity contribution is -0.118. The lowest BCUT2D eigenvalue weighted by atomic mass is 10.0. The van der Waals surface area contributed by atoms with Crippen LogP contribution in [0, 0.1) is 0 Å². The van der Waals surface area contributed by atoms with E-state index in [1.807, 2.05) is 74.8 Å². The van der Waals surface area contributed by atoms with Crippen molar-refractivity contribution in [2.24, 2.45) is 0 Å². The fourth-order valence-electron chi connectivity index (χ4n) is 3.72. The second-order valence-corrected chi connectivity index (χ2v) is 9.53. The molecule has 5 N–H and O–H groups in total. The van der Waals surface area contributed by atoms with Crippen LogP contribution in [0.15, 0.2) is 78.9 Å². The summed E-state index contributed by atoms with van der Waals surface area (Å²) in [4.78, 5) is 27.6. The number of nitrogens with two attached hydrogens (primary N) is 1. The minimum absolute atomic E-state index is 0.126. The van der Waals surface area contributed by atoms with E-state index in [0.717, 1.165) is 23.4 Å². The third kappa shape index (κ3) is 8.59. The number of nitrogens with one attached hydrogen (secondary N) is 3. The van der Waals surface area contributed by atoms with E-state index in [9.17, 15) is 9.59 Å². The molecule has 0 aliphatic heterocycles. The van der Waals surface area contributed by atoms with E-state index < -0.39 is 6.04 Å². The number of hydrogen-bond donors (Lipinski definition) is 4. The maximum atomic E-state index is 13.2. The fraction of sp³-hybridized carbons (Fsp3) is 0.267. The van der Waals surface area contributed by atoms with Gasteiger partial charge in [0.25, 0.3) is 0 Å². The van der Waals surface area contributed by atoms with Gasteiger partial charge in [-0.25, -0.2) is 0 Å². The highest BCUT2D eigenvalue weighted by Crippen LogP contribution is 2.21. The van der Waals surface area contributed by atoms with Crippen LogP contribution in [-0.4, -0.2) is 43.9 Å². The number of carbonyl (C=O) groups is 2. The number of likely N-dealkylation sites (N-methyl/N-ethyl adjacent to an activating group) is 1. The van der Waals surface area contributed by atoms with Crippen LogP contribution < -0.4 is 21.7 Å². The molecule has 0 spiro atoms. The molecule has 3 aromatic rings. The van der Waals surface area contributed by atoms with Crippen LogP contribution in [-0.2, 0) is 9.59 Å². The molecule has 0 fully saturated rings. The van der Waals surface area contributed by atoms with E-state index in [1.165, 1.54) is 11.6 Å². The smallest absolute Gasteiger partial charge is 0.248 e. The van der Waals surface area contributed by atoms with E-state index in [2.05, 4.69) is 34.7 Å². The third-order valence-electron chi connectivity index (χ3n) is 5.93. The van der Waals surface area contributed by atoms with Crippen molar-refractivity contribution in [1.82, 2.24) is 10.2 Å². The van der Waals surface area contributed by atoms with Crippen molar-refractivity contribution < 1.29 is 9.59 Å². The molecule has 3 rings (SSSR count). The van der Waals surface area contributed by atoms with Crippen LogP contribution in [0.3, 0.4) is 0 Å². The number of rotatable bonds is 11. The van der Waals surface area contributed by atoms with Gasteiger partial charge in [-0.3, -0.25) is 9.59 Å². The molecule has 0 saturated heterocycles. The van der Waals surface area contributed by atoms with Crippen molar-refractivity contribution in [2.75, 3.05) is 43.6 Å². The topological polar surface area (TPSA) is 99.5 Å². The molecule has 0 aliphatic carbocycles. The standard InChI is InChI=1S/C30H37N5O2/c1-21(2)23-14-16-25(17-15-23)33-30(37)29(32-19-20-35(3)4)24-12-9-22(10-13-24)11-18-28(36)34-27-8-6-5-7-26(27)31/h5-18,21,29,32H,19-20,31H2,1-4H3,(H,33,37)(H,34,36)/b18-11+. The average Bonchev–Trinajstić information content (AvgIpc) is 2.87. The molecule has 0 radical (unpaired) electrons. The van der Waals surface area contributed by atoms with Gasteiger partial charge < -0.3 is 26.6 Å². The van der Waals surface area contributed by atoms with E-state index in [1.54, 1.807) is 18.2 Å². The van der Waals surface area contributed by atoms with Gasteiger partial charge in [-0.05, 0) is 67.0 Å². The van der Waals surface area contributed by atoms with Gasteiger partial charge in [-0.15, -0.1) is 0 Å². The molecule has 0 aliphatic rings. The Morgan fingerprint density at radius 1 is 0.892 bits per heavy atom. The molecule has 3 aromatic carbocycles. The van der Waals surface area contributed by atoms with Gasteiger partial charge in [0.1, 0.15) is 6.04 Å². The summed E-state index contributed by atoms with van der Waals surface area (Å²) in [6.07, 6.45) is 3.19. The van der Waals surface area contributed by atoms with E-state index in [4.69, 9.17) is 5.73 Å². The van der Waals surface area contributed by atoms with Crippen LogP contribution in [0.4, 0.5) is 17.1 Å². The molecule has 0 heterocycles. The Kier molecular flexibility index (Phi) is 10.0. The molecule has 7 nitrogen and oxygen atoms in total. The Balaban J connectivity index is 1.69. The average molecular weight is 500 g/mol. The minimum Gasteiger partial charge on any atom is -0.397 e. The highest BCUT2D eigenvalue weighted by atomic mass is 16.2. The number of carbonyl (C=O) groups excluding carboxylic acids is 2. The second kappa shape index (κ2) is 13.4. The molecule has 1 unspecified atom stereocenters. The molecule has 2 amide bonds. The van der Waals surface area contributed by atoms with Gasteiger partial charge in [0.05, 0.1) is 11.4 Å². The number of hydrogen-bond acceptors (Lipinski definition) is 5. The second-order valence-electron chi connectivity index (χ2n) is 9.53. The molecule has 0 aromatic heterocycles. The summed E-state index contributed by atoms with van der Waals surface area (Å²) in [5, 5.41) is 9.18. The monoisotopic (exact) mass is 499 g/mol. The Labute approximate surface area is 219 Å². The summed E-state index contributed by atoms with van der Waals surface area (Å²) in [6, 6.07) is 22.1. The number of para-hydroxylation sites is 2. The Hall–Kier alpha value is -3.94. The van der Waals surface area contributed by atoms with Crippen LogP contribution in [0.25, 0.3) is 6.08 Å². The van der Waals surface area contributed by atoms with Crippen LogP contribution in [0.2, 0.25) is 0 Å². The zero-order chi connectivity index (χ0) is 26.8. The first-order valence-electron chi connectivity index (χ1n) is 12.5. The molecular weight excluding hydrogens is 462 g/mol. The number of anilines is 3. The highest BCUT2D eigenvalue weighted by Gasteiger charge is 2.20. The van der Waals surface area contributed by atoms with Crippen molar-refractivity contribution in [1.29, 1.82) is 0 Å². The van der Waals surface area contributed by atoms with E-state index >= 15 is 0 Å². The molecular formula is C30H37N5O2. The van der Waals surface area contributed by atoms with Crippen LogP contribution >= 0.6 is 0 Å². The first-order chi connectivity index (χ1) is 17.7. The zero-order valence-electron chi connectivity index (χ0n) is 22.0. The highest BCUT2D eigenvalue weighted by molar-refractivity contribution is 6.03. The molecule has 194 valence electrons. The first kappa shape index (κ1) is 27.6. The summed E-state index contributed by atoms with van der Waals surface area (Å²) < 4.78 is 0. The minimum atomic E-state index is -0.521. The van der Waals surface area contributed by atoms with Crippen molar-refractivity contribution >= 4 is 35.0 Å². The van der Waals surface area contributed by atoms with Gasteiger partial charge in [-0.2, -0.15) is 0 Å². The normalized spacial score (nSPS) is 12.2. The maximum absolute atomic E-state index is 13.2. The summed E-state index contributed by atoms with van der Waals surface area (Å²) in [5.74, 6) is 0.0348. The van der Waals surface area contributed by atoms with E-state index in [0.29, 0.717) is 23.8 Å². The Bertz CT molecular complexity index is 1200. The number of amides is 2. The fourth-order valence-corrected chi connectivity index (χ4v) is 3.72. The SMILES string of the molecule is CC(C)c1ccc(NC(=O)C(NCCN(C)C)c2ccc(/C=C/C(=O)Nc3ccccc3N)cc2)cc1. The summed E-state index contributed by atoms with van der Waals surface area (Å²) in [6.45, 7) is 5.74. The van der Waals surface area contributed by atoms with Gasteiger partial charge in [0.15, 0.2) is 0 Å². The molecule has 1 atom stereocenters. The molecule has 0 saturated carbocycles. The zero-order valence-corrected chi connectivity index (χ0v) is 22.0. The van der Waals surface area contributed by atoms with Gasteiger partial charge >= 0.3 is 0 Å². The Morgan fingerprint density at radius 2 is 1.54 bits per heavy atom. The van der Waals surface area contributed by atoms with Crippen molar-refractivity contribution in [3.05, 3.63) is 95.6 Å². The van der Waals surface area contributed by atoms with Crippen molar-refractivity contribution in [2.45, 2.75) is 25.8 Å². The lowest BCUT2D eigenvalue weighted by Gasteiger charge is -2.20. The predicted molar refractivity (Wildman–Crippen MR) is 153 cm³/mol. The van der Waals surface area contributed by atoms with Crippen LogP contribution in [0.1, 0.15) is 42.5 Å². The van der Waals surface area contributed by atoms with Crippen molar-refractivity contribution in [3.8, 4) is 0 Å². The van der Waals surface area contributed by atoms with Gasteiger partial charge in [-0.1, -0.05) is 62.4 Å². The Morgan fingerprint density at radius 3 is 2.16 bits per heavy atom. The van der Waals surface area contributed by atoms with Crippen LogP contribution in [0.5, 0.6) is 0 Å². The third-order valence-corrected chi connectivity index (χ3v) is 5.93. The molecule has 7 heteroatoms. The molecule has 37 heavy (non-hydrogen) atoms. The lowest BCUT2D eigenvalue weighted by Crippen LogP contribution is -2.36. The first-order valence-corrected chi connectivity index (χ1v) is 12.5. The van der Waals surface area contributed by atoms with E-state index in [-0.39, 0.29) is 11.8 Å². The summed E-state index contributed by atoms with van der Waals surface area (Å²) in [7, 11) is 3.99. The largest absolute Gasteiger partial charge is 0.397 e. The molecule has 0 bridgehead atoms. The van der Waals surface area contributed by atoms with Crippen molar-refractivity contribution in [3.63, 3.8) is 0 Å². The summed E-state index contributed by atoms with van der Waals surface area (Å²) in [5.41, 5.74) is 10.6.